The van der Waals surface area contributed by atoms with Gasteiger partial charge in [-0.2, -0.15) is 5.10 Å². The monoisotopic (exact) mass is 333 g/mol. The second kappa shape index (κ2) is 7.70. The molecule has 120 valence electrons. The van der Waals surface area contributed by atoms with Crippen LogP contribution in [0.4, 0.5) is 0 Å². The lowest BCUT2D eigenvalue weighted by molar-refractivity contribution is 0.866. The summed E-state index contributed by atoms with van der Waals surface area (Å²) in [5.74, 6) is 0. The lowest BCUT2D eigenvalue weighted by Gasteiger charge is -2.08. The molecule has 0 heterocycles. The van der Waals surface area contributed by atoms with Gasteiger partial charge in [0.1, 0.15) is 0 Å². The van der Waals surface area contributed by atoms with Crippen LogP contribution in [0.3, 0.4) is 0 Å². The maximum absolute atomic E-state index is 5.27. The highest BCUT2D eigenvalue weighted by molar-refractivity contribution is 7.80. The summed E-state index contributed by atoms with van der Waals surface area (Å²) in [4.78, 5) is 0. The Morgan fingerprint density at radius 1 is 0.917 bits per heavy atom. The first kappa shape index (κ1) is 16.1. The first-order valence-corrected chi connectivity index (χ1v) is 8.24. The molecule has 0 saturated carbocycles. The summed E-state index contributed by atoms with van der Waals surface area (Å²) in [6.45, 7) is 2.65. The molecule has 0 aliphatic heterocycles. The summed E-state index contributed by atoms with van der Waals surface area (Å²) in [5, 5.41) is 10.5. The lowest BCUT2D eigenvalue weighted by atomic mass is 10.0. The fourth-order valence-corrected chi connectivity index (χ4v) is 2.55. The van der Waals surface area contributed by atoms with Crippen molar-refractivity contribution in [2.45, 2.75) is 13.5 Å². The number of hydrogen-bond donors (Lipinski definition) is 2. The highest BCUT2D eigenvalue weighted by Gasteiger charge is 2.01. The number of rotatable bonds is 4. The summed E-state index contributed by atoms with van der Waals surface area (Å²) >= 11 is 5.27. The van der Waals surface area contributed by atoms with Crippen LogP contribution in [0.5, 0.6) is 0 Å². The number of nitrogens with one attached hydrogen (secondary N) is 2. The third-order valence-corrected chi connectivity index (χ3v) is 4.02. The van der Waals surface area contributed by atoms with Gasteiger partial charge in [-0.05, 0) is 47.1 Å². The van der Waals surface area contributed by atoms with Crippen LogP contribution < -0.4 is 10.7 Å². The molecule has 24 heavy (non-hydrogen) atoms. The minimum atomic E-state index is 0.513. The number of hydrazone groups is 1. The summed E-state index contributed by atoms with van der Waals surface area (Å²) in [6.07, 6.45) is 0. The molecule has 2 N–H and O–H groups in total. The molecular formula is C20H19N3S. The molecule has 0 aliphatic carbocycles. The van der Waals surface area contributed by atoms with Gasteiger partial charge in [0, 0.05) is 6.54 Å². The number of nitrogens with zero attached hydrogens (tertiary/aromatic N) is 1. The topological polar surface area (TPSA) is 36.4 Å². The van der Waals surface area contributed by atoms with Gasteiger partial charge in [-0.3, -0.25) is 5.43 Å². The van der Waals surface area contributed by atoms with Crippen LogP contribution in [0.25, 0.3) is 10.8 Å². The molecule has 0 unspecified atom stereocenters. The molecule has 3 rings (SSSR count). The van der Waals surface area contributed by atoms with Crippen molar-refractivity contribution in [3.8, 4) is 0 Å². The number of thiocarbonyl (C=S) groups is 1. The van der Waals surface area contributed by atoms with E-state index in [1.54, 1.807) is 0 Å². The number of benzene rings is 3. The molecule has 3 aromatic carbocycles. The van der Waals surface area contributed by atoms with Crippen LogP contribution in [0.1, 0.15) is 18.1 Å². The van der Waals surface area contributed by atoms with Gasteiger partial charge in [0.15, 0.2) is 5.11 Å². The molecule has 0 aliphatic rings. The van der Waals surface area contributed by atoms with E-state index in [0.717, 1.165) is 11.3 Å². The minimum Gasteiger partial charge on any atom is -0.357 e. The average molecular weight is 333 g/mol. The van der Waals surface area contributed by atoms with Crippen molar-refractivity contribution in [3.05, 3.63) is 83.9 Å². The van der Waals surface area contributed by atoms with Crippen LogP contribution in [-0.2, 0) is 6.54 Å². The van der Waals surface area contributed by atoms with Crippen LogP contribution in [0.2, 0.25) is 0 Å². The van der Waals surface area contributed by atoms with Crippen molar-refractivity contribution in [2.75, 3.05) is 0 Å². The van der Waals surface area contributed by atoms with Crippen molar-refractivity contribution >= 4 is 33.8 Å². The smallest absolute Gasteiger partial charge is 0.187 e. The van der Waals surface area contributed by atoms with E-state index >= 15 is 0 Å². The quantitative estimate of drug-likeness (QED) is 0.426. The van der Waals surface area contributed by atoms with Gasteiger partial charge < -0.3 is 5.32 Å². The van der Waals surface area contributed by atoms with E-state index in [2.05, 4.69) is 58.3 Å². The van der Waals surface area contributed by atoms with Crippen LogP contribution in [0, 0.1) is 0 Å². The Morgan fingerprint density at radius 3 is 2.42 bits per heavy atom. The van der Waals surface area contributed by atoms with Gasteiger partial charge in [-0.15, -0.1) is 0 Å². The maximum atomic E-state index is 5.27. The second-order valence-electron chi connectivity index (χ2n) is 5.54. The molecule has 0 aromatic heterocycles. The SMILES string of the molecule is C/C(=N/NC(=S)NCc1ccccc1)c1ccc2ccccc2c1. The fourth-order valence-electron chi connectivity index (χ4n) is 2.43. The van der Waals surface area contributed by atoms with E-state index < -0.39 is 0 Å². The zero-order valence-corrected chi connectivity index (χ0v) is 14.3. The standard InChI is InChI=1S/C20H19N3S/c1-15(18-12-11-17-9-5-6-10-19(17)13-18)22-23-20(24)21-14-16-7-3-2-4-8-16/h2-13H,14H2,1H3,(H2,21,23,24)/b22-15-. The van der Waals surface area contributed by atoms with Crippen LogP contribution in [-0.4, -0.2) is 10.8 Å². The zero-order chi connectivity index (χ0) is 16.8. The Labute approximate surface area is 147 Å². The Morgan fingerprint density at radius 2 is 1.62 bits per heavy atom. The molecule has 0 spiro atoms. The molecule has 0 saturated heterocycles. The van der Waals surface area contributed by atoms with Gasteiger partial charge in [-0.25, -0.2) is 0 Å². The largest absolute Gasteiger partial charge is 0.357 e. The van der Waals surface area contributed by atoms with Gasteiger partial charge in [0.05, 0.1) is 5.71 Å². The Bertz CT molecular complexity index is 872. The highest BCUT2D eigenvalue weighted by atomic mass is 32.1. The molecule has 4 heteroatoms. The Hall–Kier alpha value is -2.72. The first-order chi connectivity index (χ1) is 11.7. The molecule has 0 amide bonds. The van der Waals surface area contributed by atoms with Crippen LogP contribution in [0.15, 0.2) is 77.9 Å². The van der Waals surface area contributed by atoms with Crippen LogP contribution >= 0.6 is 12.2 Å². The third-order valence-electron chi connectivity index (χ3n) is 3.79. The van der Waals surface area contributed by atoms with Gasteiger partial charge in [0.25, 0.3) is 0 Å². The highest BCUT2D eigenvalue weighted by Crippen LogP contribution is 2.16. The predicted octanol–water partition coefficient (Wildman–Crippen LogP) is 4.23. The molecule has 0 fully saturated rings. The van der Waals surface area contributed by atoms with Crippen molar-refractivity contribution in [1.29, 1.82) is 0 Å². The van der Waals surface area contributed by atoms with Gasteiger partial charge in [0.2, 0.25) is 0 Å². The Balaban J connectivity index is 1.61. The molecule has 0 bridgehead atoms. The maximum Gasteiger partial charge on any atom is 0.187 e. The first-order valence-electron chi connectivity index (χ1n) is 7.83. The normalized spacial score (nSPS) is 11.3. The molecule has 0 radical (unpaired) electrons. The van der Waals surface area contributed by atoms with E-state index in [9.17, 15) is 0 Å². The van der Waals surface area contributed by atoms with E-state index in [1.165, 1.54) is 16.3 Å². The number of fused-ring (bicyclic) bond motifs is 1. The van der Waals surface area contributed by atoms with Gasteiger partial charge >= 0.3 is 0 Å². The summed E-state index contributed by atoms with van der Waals surface area (Å²) in [7, 11) is 0. The van der Waals surface area contributed by atoms with Gasteiger partial charge in [-0.1, -0.05) is 66.7 Å². The van der Waals surface area contributed by atoms with E-state index in [-0.39, 0.29) is 0 Å². The van der Waals surface area contributed by atoms with E-state index in [4.69, 9.17) is 12.2 Å². The van der Waals surface area contributed by atoms with E-state index in [1.807, 2.05) is 37.3 Å². The molecular weight excluding hydrogens is 314 g/mol. The predicted molar refractivity (Wildman–Crippen MR) is 105 cm³/mol. The van der Waals surface area contributed by atoms with Crippen molar-refractivity contribution in [2.24, 2.45) is 5.10 Å². The molecule has 3 nitrogen and oxygen atoms in total. The molecule has 3 aromatic rings. The minimum absolute atomic E-state index is 0.513. The summed E-state index contributed by atoms with van der Waals surface area (Å²) in [5.41, 5.74) is 6.05. The Kier molecular flexibility index (Phi) is 5.18. The average Bonchev–Trinajstić information content (AvgIpc) is 2.65. The molecule has 0 atom stereocenters. The summed E-state index contributed by atoms with van der Waals surface area (Å²) < 4.78 is 0. The zero-order valence-electron chi connectivity index (χ0n) is 13.5. The van der Waals surface area contributed by atoms with Crippen molar-refractivity contribution in [1.82, 2.24) is 10.7 Å². The van der Waals surface area contributed by atoms with Crippen molar-refractivity contribution in [3.63, 3.8) is 0 Å². The summed E-state index contributed by atoms with van der Waals surface area (Å²) in [6, 6.07) is 24.7. The third kappa shape index (κ3) is 4.18. The fraction of sp³-hybridized carbons (Fsp3) is 0.100. The van der Waals surface area contributed by atoms with Crippen molar-refractivity contribution < 1.29 is 0 Å². The lowest BCUT2D eigenvalue weighted by Crippen LogP contribution is -2.32. The number of hydrogen-bond acceptors (Lipinski definition) is 2. The van der Waals surface area contributed by atoms with E-state index in [0.29, 0.717) is 11.7 Å². The second-order valence-corrected chi connectivity index (χ2v) is 5.95.